The molecule has 3 aromatic rings. The van der Waals surface area contributed by atoms with Crippen LogP contribution in [0.4, 0.5) is 10.8 Å². The van der Waals surface area contributed by atoms with Crippen molar-refractivity contribution in [2.45, 2.75) is 0 Å². The molecule has 0 spiro atoms. The number of hydrogen-bond donors (Lipinski definition) is 3. The molecule has 0 aliphatic rings. The van der Waals surface area contributed by atoms with E-state index in [1.165, 1.54) is 31.8 Å². The first-order valence-corrected chi connectivity index (χ1v) is 8.85. The zero-order chi connectivity index (χ0) is 20.1. The molecule has 0 saturated carbocycles. The highest BCUT2D eigenvalue weighted by molar-refractivity contribution is 7.14. The molecule has 3 N–H and O–H groups in total. The number of aromatic nitrogens is 1. The van der Waals surface area contributed by atoms with Crippen molar-refractivity contribution < 1.29 is 25.0 Å². The summed E-state index contributed by atoms with van der Waals surface area (Å²) >= 11 is 1.34. The number of hydrogen-bond acceptors (Lipinski definition) is 10. The molecule has 0 fully saturated rings. The summed E-state index contributed by atoms with van der Waals surface area (Å²) in [6.07, 6.45) is 1.52. The molecule has 146 valence electrons. The van der Waals surface area contributed by atoms with Gasteiger partial charge in [-0.3, -0.25) is 15.8 Å². The highest BCUT2D eigenvalue weighted by atomic mass is 32.1. The zero-order valence-corrected chi connectivity index (χ0v) is 15.8. The maximum absolute atomic E-state index is 11.9. The van der Waals surface area contributed by atoms with Crippen LogP contribution < -0.4 is 25.2 Å². The molecule has 3 rings (SSSR count). The number of anilines is 2. The van der Waals surface area contributed by atoms with E-state index in [4.69, 9.17) is 19.9 Å². The first-order valence-electron chi connectivity index (χ1n) is 7.97. The molecule has 1 heterocycles. The van der Waals surface area contributed by atoms with E-state index in [-0.39, 0.29) is 28.2 Å². The van der Waals surface area contributed by atoms with E-state index < -0.39 is 0 Å². The van der Waals surface area contributed by atoms with Crippen molar-refractivity contribution in [2.75, 3.05) is 24.9 Å². The lowest BCUT2D eigenvalue weighted by atomic mass is 10.1. The van der Waals surface area contributed by atoms with Crippen LogP contribution in [0, 0.1) is 0 Å². The average Bonchev–Trinajstić information content (AvgIpc) is 3.18. The minimum Gasteiger partial charge on any atom is -0.867 e. The van der Waals surface area contributed by atoms with Gasteiger partial charge in [-0.15, -0.1) is 16.6 Å². The number of nitrogens with one attached hydrogen (secondary N) is 1. The van der Waals surface area contributed by atoms with Crippen molar-refractivity contribution in [3.63, 3.8) is 0 Å². The number of nitrogens with zero attached hydrogens (tertiary/aromatic N) is 3. The standard InChI is InChI=1S/C18H18N4O5S/c1-26-15-6-11(7-16(27-2)17(15)23)9-19-21-18-20-14(10-28-18)12-4-3-5-13(8-12)22(24)25/h3-10,23-25H,1-2H3,(H,20,21)/p-1. The number of hydrazone groups is 1. The van der Waals surface area contributed by atoms with Gasteiger partial charge in [0.25, 0.3) is 0 Å². The monoisotopic (exact) mass is 401 g/mol. The fourth-order valence-electron chi connectivity index (χ4n) is 2.38. The number of methoxy groups -OCH3 is 2. The van der Waals surface area contributed by atoms with Gasteiger partial charge in [0.05, 0.1) is 31.8 Å². The van der Waals surface area contributed by atoms with E-state index in [2.05, 4.69) is 15.5 Å². The van der Waals surface area contributed by atoms with Gasteiger partial charge in [-0.1, -0.05) is 12.1 Å². The molecule has 0 atom stereocenters. The van der Waals surface area contributed by atoms with Crippen LogP contribution in [-0.2, 0) is 0 Å². The van der Waals surface area contributed by atoms with Crippen molar-refractivity contribution in [2.24, 2.45) is 5.10 Å². The summed E-state index contributed by atoms with van der Waals surface area (Å²) in [5.74, 6) is 0.00397. The molecular weight excluding hydrogens is 384 g/mol. The molecule has 28 heavy (non-hydrogen) atoms. The Morgan fingerprint density at radius 2 is 1.89 bits per heavy atom. The summed E-state index contributed by atoms with van der Waals surface area (Å²) in [6, 6.07) is 9.75. The van der Waals surface area contributed by atoms with E-state index >= 15 is 0 Å². The summed E-state index contributed by atoms with van der Waals surface area (Å²) in [5.41, 5.74) is 5.04. The highest BCUT2D eigenvalue weighted by Gasteiger charge is 2.07. The second-order valence-corrected chi connectivity index (χ2v) is 6.36. The molecule has 0 unspecified atom stereocenters. The van der Waals surface area contributed by atoms with Crippen molar-refractivity contribution in [3.05, 3.63) is 47.3 Å². The van der Waals surface area contributed by atoms with Crippen LogP contribution in [0.2, 0.25) is 0 Å². The van der Waals surface area contributed by atoms with E-state index in [0.717, 1.165) is 5.56 Å². The van der Waals surface area contributed by atoms with E-state index in [0.29, 0.717) is 16.4 Å². The van der Waals surface area contributed by atoms with Gasteiger partial charge in [0.15, 0.2) is 0 Å². The molecular formula is C18H17N4O5S-. The summed E-state index contributed by atoms with van der Waals surface area (Å²) in [4.78, 5) is 4.41. The maximum Gasteiger partial charge on any atom is 0.203 e. The number of rotatable bonds is 7. The first kappa shape index (κ1) is 19.4. The second kappa shape index (κ2) is 8.57. The number of ether oxygens (including phenoxy) is 2. The van der Waals surface area contributed by atoms with Crippen LogP contribution in [-0.4, -0.2) is 35.8 Å². The van der Waals surface area contributed by atoms with Gasteiger partial charge >= 0.3 is 0 Å². The van der Waals surface area contributed by atoms with E-state index in [9.17, 15) is 5.11 Å². The first-order chi connectivity index (χ1) is 13.5. The third-order valence-electron chi connectivity index (χ3n) is 3.73. The molecule has 0 bridgehead atoms. The van der Waals surface area contributed by atoms with Gasteiger partial charge < -0.3 is 14.6 Å². The molecule has 0 radical (unpaired) electrons. The smallest absolute Gasteiger partial charge is 0.203 e. The lowest BCUT2D eigenvalue weighted by Crippen LogP contribution is -2.10. The summed E-state index contributed by atoms with van der Waals surface area (Å²) in [7, 11) is 2.82. The fraction of sp³-hybridized carbons (Fsp3) is 0.111. The SMILES string of the molecule is COc1cc(C=NNc2nc(-c3cccc(N(O)O)c3)cs2)cc(OC)c1[O-]. The van der Waals surface area contributed by atoms with Gasteiger partial charge in [0.1, 0.15) is 11.5 Å². The van der Waals surface area contributed by atoms with Gasteiger partial charge in [0.2, 0.25) is 5.13 Å². The molecule has 9 nitrogen and oxygen atoms in total. The third-order valence-corrected chi connectivity index (χ3v) is 4.48. The van der Waals surface area contributed by atoms with Crippen LogP contribution in [0.15, 0.2) is 46.9 Å². The zero-order valence-electron chi connectivity index (χ0n) is 15.0. The van der Waals surface area contributed by atoms with E-state index in [1.807, 2.05) is 5.38 Å². The fourth-order valence-corrected chi connectivity index (χ4v) is 3.05. The van der Waals surface area contributed by atoms with Crippen molar-refractivity contribution in [1.82, 2.24) is 4.98 Å². The van der Waals surface area contributed by atoms with Crippen molar-refractivity contribution >= 4 is 28.4 Å². The Bertz CT molecular complexity index is 965. The Morgan fingerprint density at radius 1 is 1.18 bits per heavy atom. The maximum atomic E-state index is 11.9. The minimum atomic E-state index is -0.328. The van der Waals surface area contributed by atoms with Crippen LogP contribution in [0.25, 0.3) is 11.3 Å². The Hall–Kier alpha value is -3.34. The second-order valence-electron chi connectivity index (χ2n) is 5.50. The van der Waals surface area contributed by atoms with Crippen molar-refractivity contribution in [3.8, 4) is 28.5 Å². The molecule has 1 aromatic heterocycles. The van der Waals surface area contributed by atoms with E-state index in [1.54, 1.807) is 36.4 Å². The number of thiazole rings is 1. The van der Waals surface area contributed by atoms with Gasteiger partial charge in [0, 0.05) is 16.5 Å². The third kappa shape index (κ3) is 4.31. The summed E-state index contributed by atoms with van der Waals surface area (Å²) in [5, 5.41) is 36.7. The molecule has 0 saturated heterocycles. The molecule has 0 amide bonds. The Morgan fingerprint density at radius 3 is 2.54 bits per heavy atom. The Kier molecular flexibility index (Phi) is 5.94. The largest absolute Gasteiger partial charge is 0.867 e. The quantitative estimate of drug-likeness (QED) is 0.408. The minimum absolute atomic E-state index is 0.0506. The van der Waals surface area contributed by atoms with Crippen LogP contribution in [0.3, 0.4) is 0 Å². The molecule has 10 heteroatoms. The average molecular weight is 401 g/mol. The predicted octanol–water partition coefficient (Wildman–Crippen LogP) is 2.93. The van der Waals surface area contributed by atoms with Crippen molar-refractivity contribution in [1.29, 1.82) is 0 Å². The summed E-state index contributed by atoms with van der Waals surface area (Å²) < 4.78 is 10.1. The van der Waals surface area contributed by atoms with Gasteiger partial charge in [-0.2, -0.15) is 5.10 Å². The van der Waals surface area contributed by atoms with Crippen LogP contribution >= 0.6 is 11.3 Å². The van der Waals surface area contributed by atoms with Crippen LogP contribution in [0.1, 0.15) is 5.56 Å². The Labute approximate surface area is 164 Å². The number of benzene rings is 2. The Balaban J connectivity index is 1.73. The molecule has 0 aliphatic carbocycles. The topological polar surface area (TPSA) is 123 Å². The predicted molar refractivity (Wildman–Crippen MR) is 104 cm³/mol. The lowest BCUT2D eigenvalue weighted by Gasteiger charge is -2.17. The normalized spacial score (nSPS) is 10.9. The van der Waals surface area contributed by atoms with Gasteiger partial charge in [-0.05, 0) is 30.0 Å². The lowest BCUT2D eigenvalue weighted by molar-refractivity contribution is -0.271. The molecule has 0 aliphatic heterocycles. The molecule has 2 aromatic carbocycles. The summed E-state index contributed by atoms with van der Waals surface area (Å²) in [6.45, 7) is 0. The highest BCUT2D eigenvalue weighted by Crippen LogP contribution is 2.34. The van der Waals surface area contributed by atoms with Crippen LogP contribution in [0.5, 0.6) is 17.2 Å². The van der Waals surface area contributed by atoms with Gasteiger partial charge in [-0.25, -0.2) is 4.98 Å².